The Morgan fingerprint density at radius 3 is 2.62 bits per heavy atom. The van der Waals surface area contributed by atoms with Gasteiger partial charge in [-0.25, -0.2) is 4.79 Å². The van der Waals surface area contributed by atoms with Gasteiger partial charge in [0.1, 0.15) is 5.01 Å². The molecule has 0 amide bonds. The van der Waals surface area contributed by atoms with Crippen LogP contribution >= 0.6 is 34.7 Å². The molecule has 34 heavy (non-hydrogen) atoms. The number of piperazine rings is 1. The van der Waals surface area contributed by atoms with E-state index in [-0.39, 0.29) is 0 Å². The minimum absolute atomic E-state index is 0.387. The summed E-state index contributed by atoms with van der Waals surface area (Å²) >= 11 is 9.31. The Bertz CT molecular complexity index is 1450. The maximum atomic E-state index is 12.8. The number of nitrogens with one attached hydrogen (secondary N) is 1. The van der Waals surface area contributed by atoms with Crippen molar-refractivity contribution in [3.8, 4) is 0 Å². The maximum Gasteiger partial charge on any atom is 0.329 e. The quantitative estimate of drug-likeness (QED) is 0.388. The molecule has 13 heteroatoms. The van der Waals surface area contributed by atoms with Gasteiger partial charge in [-0.2, -0.15) is 4.98 Å². The number of hydrogen-bond acceptors (Lipinski definition) is 9. The highest BCUT2D eigenvalue weighted by molar-refractivity contribution is 8.01. The highest BCUT2D eigenvalue weighted by Gasteiger charge is 2.25. The summed E-state index contributed by atoms with van der Waals surface area (Å²) in [4.78, 5) is 36.6. The van der Waals surface area contributed by atoms with Crippen molar-refractivity contribution in [2.24, 2.45) is 7.05 Å². The number of H-pyrrole nitrogens is 1. The topological polar surface area (TPSA) is 105 Å². The zero-order valence-electron chi connectivity index (χ0n) is 18.7. The van der Waals surface area contributed by atoms with Crippen molar-refractivity contribution in [2.45, 2.75) is 17.8 Å². The first-order chi connectivity index (χ1) is 16.4. The molecule has 0 unspecified atom stereocenters. The molecular weight excluding hydrogens is 496 g/mol. The van der Waals surface area contributed by atoms with E-state index in [1.165, 1.54) is 4.57 Å². The zero-order chi connectivity index (χ0) is 23.8. The predicted octanol–water partition coefficient (Wildman–Crippen LogP) is 2.36. The molecule has 1 aliphatic heterocycles. The largest absolute Gasteiger partial charge is 0.368 e. The number of benzene rings is 1. The van der Waals surface area contributed by atoms with Gasteiger partial charge in [0.25, 0.3) is 5.56 Å². The lowest BCUT2D eigenvalue weighted by Gasteiger charge is -2.36. The van der Waals surface area contributed by atoms with Crippen LogP contribution in [-0.4, -0.2) is 61.2 Å². The van der Waals surface area contributed by atoms with Crippen LogP contribution in [0, 0.1) is 6.92 Å². The summed E-state index contributed by atoms with van der Waals surface area (Å²) < 4.78 is 4.20. The number of aromatic nitrogens is 6. The predicted molar refractivity (Wildman–Crippen MR) is 137 cm³/mol. The summed E-state index contributed by atoms with van der Waals surface area (Å²) in [5, 5.41) is 9.85. The zero-order valence-corrected chi connectivity index (χ0v) is 21.1. The molecule has 1 saturated heterocycles. The Kier molecular flexibility index (Phi) is 6.36. The van der Waals surface area contributed by atoms with Crippen LogP contribution in [0.5, 0.6) is 0 Å². The molecule has 0 saturated carbocycles. The lowest BCUT2D eigenvalue weighted by molar-refractivity contribution is 0.623. The van der Waals surface area contributed by atoms with Gasteiger partial charge in [0.05, 0.1) is 0 Å². The fraction of sp³-hybridized carbons (Fsp3) is 0.381. The van der Waals surface area contributed by atoms with Crippen LogP contribution in [0.15, 0.2) is 38.2 Å². The molecule has 5 rings (SSSR count). The molecule has 1 aliphatic rings. The molecule has 1 aromatic carbocycles. The smallest absolute Gasteiger partial charge is 0.329 e. The number of imidazole rings is 1. The first-order valence-corrected chi connectivity index (χ1v) is 13.0. The molecule has 0 atom stereocenters. The van der Waals surface area contributed by atoms with E-state index in [1.54, 1.807) is 30.1 Å². The van der Waals surface area contributed by atoms with Gasteiger partial charge in [-0.05, 0) is 25.1 Å². The van der Waals surface area contributed by atoms with Crippen LogP contribution in [0.2, 0.25) is 5.02 Å². The normalized spacial score (nSPS) is 14.3. The van der Waals surface area contributed by atoms with Crippen LogP contribution in [0.4, 0.5) is 11.6 Å². The van der Waals surface area contributed by atoms with E-state index in [0.717, 1.165) is 41.2 Å². The standard InChI is InChI=1S/C21H23ClN8O2S2/c1-13-25-26-21(34-13)33-11-10-30-16-17(27(2)20(32)24-18(16)31)23-19(30)29-8-6-28(7-9-29)15-5-3-4-14(22)12-15/h3-5,12H,6-11H2,1-2H3,(H,24,31,32). The Morgan fingerprint density at radius 1 is 1.15 bits per heavy atom. The molecule has 3 aromatic heterocycles. The number of aromatic amines is 1. The van der Waals surface area contributed by atoms with E-state index < -0.39 is 11.2 Å². The van der Waals surface area contributed by atoms with Crippen molar-refractivity contribution >= 4 is 57.5 Å². The number of nitrogens with zero attached hydrogens (tertiary/aromatic N) is 7. The lowest BCUT2D eigenvalue weighted by Crippen LogP contribution is -2.47. The second-order valence-corrected chi connectivity index (χ2v) is 10.9. The first-order valence-electron chi connectivity index (χ1n) is 10.8. The number of hydrogen-bond donors (Lipinski definition) is 1. The third-order valence-electron chi connectivity index (χ3n) is 5.77. The minimum Gasteiger partial charge on any atom is -0.368 e. The maximum absolute atomic E-state index is 12.8. The molecule has 10 nitrogen and oxygen atoms in total. The van der Waals surface area contributed by atoms with Gasteiger partial charge in [0.2, 0.25) is 5.95 Å². The summed E-state index contributed by atoms with van der Waals surface area (Å²) in [6.07, 6.45) is 0. The summed E-state index contributed by atoms with van der Waals surface area (Å²) in [6, 6.07) is 7.84. The van der Waals surface area contributed by atoms with E-state index >= 15 is 0 Å². The van der Waals surface area contributed by atoms with Gasteiger partial charge in [-0.15, -0.1) is 10.2 Å². The van der Waals surface area contributed by atoms with Gasteiger partial charge in [0, 0.05) is 56.2 Å². The van der Waals surface area contributed by atoms with Crippen LogP contribution in [0.1, 0.15) is 5.01 Å². The van der Waals surface area contributed by atoms with Crippen LogP contribution < -0.4 is 21.0 Å². The summed E-state index contributed by atoms with van der Waals surface area (Å²) in [7, 11) is 1.62. The molecule has 4 aromatic rings. The first kappa shape index (κ1) is 22.9. The average molecular weight is 519 g/mol. The Hall–Kier alpha value is -2.83. The van der Waals surface area contributed by atoms with Crippen molar-refractivity contribution < 1.29 is 0 Å². The van der Waals surface area contributed by atoms with E-state index in [4.69, 9.17) is 16.6 Å². The highest BCUT2D eigenvalue weighted by atomic mass is 35.5. The number of anilines is 2. The third kappa shape index (κ3) is 4.44. The molecular formula is C21H23ClN8O2S2. The number of rotatable bonds is 6. The Labute approximate surface area is 208 Å². The average Bonchev–Trinajstić information content (AvgIpc) is 3.42. The molecule has 4 heterocycles. The number of thioether (sulfide) groups is 1. The molecule has 1 N–H and O–H groups in total. The van der Waals surface area contributed by atoms with Crippen molar-refractivity contribution in [1.29, 1.82) is 0 Å². The van der Waals surface area contributed by atoms with E-state index in [0.29, 0.717) is 34.4 Å². The van der Waals surface area contributed by atoms with E-state index in [9.17, 15) is 9.59 Å². The minimum atomic E-state index is -0.474. The molecule has 178 valence electrons. The summed E-state index contributed by atoms with van der Waals surface area (Å²) in [5.74, 6) is 1.39. The molecule has 0 spiro atoms. The Morgan fingerprint density at radius 2 is 1.91 bits per heavy atom. The molecule has 0 aliphatic carbocycles. The van der Waals surface area contributed by atoms with Crippen LogP contribution in [-0.2, 0) is 13.6 Å². The van der Waals surface area contributed by atoms with Gasteiger partial charge in [-0.3, -0.25) is 14.3 Å². The molecule has 0 radical (unpaired) electrons. The van der Waals surface area contributed by atoms with Crippen molar-refractivity contribution in [1.82, 2.24) is 29.3 Å². The van der Waals surface area contributed by atoms with Crippen LogP contribution in [0.3, 0.4) is 0 Å². The van der Waals surface area contributed by atoms with Crippen molar-refractivity contribution in [3.05, 3.63) is 55.1 Å². The monoisotopic (exact) mass is 518 g/mol. The second kappa shape index (κ2) is 9.43. The van der Waals surface area contributed by atoms with Crippen LogP contribution in [0.25, 0.3) is 11.2 Å². The number of fused-ring (bicyclic) bond motifs is 1. The van der Waals surface area contributed by atoms with E-state index in [2.05, 4.69) is 31.0 Å². The molecule has 0 bridgehead atoms. The van der Waals surface area contributed by atoms with Crippen molar-refractivity contribution in [3.63, 3.8) is 0 Å². The second-order valence-electron chi connectivity index (χ2n) is 7.94. The van der Waals surface area contributed by atoms with E-state index in [1.807, 2.05) is 29.7 Å². The fourth-order valence-corrected chi connectivity index (χ4v) is 6.07. The van der Waals surface area contributed by atoms with Gasteiger partial charge in [0.15, 0.2) is 15.5 Å². The Balaban J connectivity index is 1.43. The fourth-order valence-electron chi connectivity index (χ4n) is 4.07. The lowest BCUT2D eigenvalue weighted by atomic mass is 10.2. The summed E-state index contributed by atoms with van der Waals surface area (Å²) in [5.41, 5.74) is 0.980. The number of aryl methyl sites for hydroxylation is 3. The summed E-state index contributed by atoms with van der Waals surface area (Å²) in [6.45, 7) is 5.50. The third-order valence-corrected chi connectivity index (χ3v) is 7.96. The SMILES string of the molecule is Cc1nnc(SCCn2c(N3CCN(c4cccc(Cl)c4)CC3)nc3c2c(=O)[nH]c(=O)n3C)s1. The number of halogens is 1. The van der Waals surface area contributed by atoms with Gasteiger partial charge < -0.3 is 14.4 Å². The van der Waals surface area contributed by atoms with Gasteiger partial charge >= 0.3 is 5.69 Å². The molecule has 1 fully saturated rings. The highest BCUT2D eigenvalue weighted by Crippen LogP contribution is 2.27. The van der Waals surface area contributed by atoms with Gasteiger partial charge in [-0.1, -0.05) is 40.8 Å². The van der Waals surface area contributed by atoms with Crippen molar-refractivity contribution in [2.75, 3.05) is 41.7 Å².